The topological polar surface area (TPSA) is 80.5 Å². The van der Waals surface area contributed by atoms with Gasteiger partial charge in [-0.25, -0.2) is 0 Å². The first-order valence-corrected chi connectivity index (χ1v) is 10.7. The molecular formula is C23H25ClN4O3. The summed E-state index contributed by atoms with van der Waals surface area (Å²) in [6.45, 7) is 3.98. The zero-order valence-electron chi connectivity index (χ0n) is 17.6. The number of rotatable bonds is 6. The second-order valence-electron chi connectivity index (χ2n) is 7.76. The van der Waals surface area contributed by atoms with Gasteiger partial charge in [-0.15, -0.1) is 0 Å². The number of nitrogens with one attached hydrogen (secondary N) is 1. The van der Waals surface area contributed by atoms with Gasteiger partial charge in [0.25, 0.3) is 0 Å². The molecule has 1 aromatic heterocycles. The Bertz CT molecular complexity index is 1070. The number of aromatic nitrogens is 2. The highest BCUT2D eigenvalue weighted by molar-refractivity contribution is 6.33. The summed E-state index contributed by atoms with van der Waals surface area (Å²) in [6.07, 6.45) is 1.76. The Morgan fingerprint density at radius 3 is 2.97 bits per heavy atom. The number of likely N-dealkylation sites (tertiary alicyclic amines) is 1. The molecule has 2 aromatic carbocycles. The molecule has 1 N–H and O–H groups in total. The van der Waals surface area contributed by atoms with Crippen LogP contribution in [0.15, 0.2) is 47.0 Å². The molecule has 0 radical (unpaired) electrons. The summed E-state index contributed by atoms with van der Waals surface area (Å²) in [7, 11) is 1.60. The Kier molecular flexibility index (Phi) is 6.53. The maximum Gasteiger partial charge on any atom is 0.241 e. The van der Waals surface area contributed by atoms with Gasteiger partial charge in [-0.05, 0) is 56.1 Å². The van der Waals surface area contributed by atoms with Gasteiger partial charge in [0.15, 0.2) is 0 Å². The van der Waals surface area contributed by atoms with E-state index in [4.69, 9.17) is 20.9 Å². The smallest absolute Gasteiger partial charge is 0.241 e. The Hall–Kier alpha value is -2.90. The molecule has 162 valence electrons. The summed E-state index contributed by atoms with van der Waals surface area (Å²) >= 11 is 6.23. The van der Waals surface area contributed by atoms with Crippen molar-refractivity contribution in [1.82, 2.24) is 15.0 Å². The number of ether oxygens (including phenoxy) is 1. The summed E-state index contributed by atoms with van der Waals surface area (Å²) in [5.74, 6) is 1.51. The molecule has 0 saturated carbocycles. The van der Waals surface area contributed by atoms with Crippen LogP contribution in [-0.4, -0.2) is 41.1 Å². The van der Waals surface area contributed by atoms with E-state index in [1.165, 1.54) is 0 Å². The molecule has 1 fully saturated rings. The van der Waals surface area contributed by atoms with Gasteiger partial charge < -0.3 is 14.6 Å². The van der Waals surface area contributed by atoms with Crippen LogP contribution in [-0.2, 0) is 11.3 Å². The number of carbonyl (C=O) groups excluding carboxylic acids is 1. The maximum atomic E-state index is 12.9. The highest BCUT2D eigenvalue weighted by atomic mass is 35.5. The van der Waals surface area contributed by atoms with Gasteiger partial charge in [0, 0.05) is 12.1 Å². The van der Waals surface area contributed by atoms with Gasteiger partial charge >= 0.3 is 0 Å². The standard InChI is InChI=1S/C23H25ClN4O3/c1-15-9-10-20(30-2)19(12-15)25-23(29)16-6-5-11-28(13-16)14-21-26-22(27-31-21)17-7-3-4-8-18(17)24/h3-4,7-10,12,16H,5-6,11,13-14H2,1-2H3,(H,25,29). The van der Waals surface area contributed by atoms with Crippen molar-refractivity contribution < 1.29 is 14.1 Å². The van der Waals surface area contributed by atoms with Gasteiger partial charge in [0.2, 0.25) is 17.6 Å². The Morgan fingerprint density at radius 2 is 2.16 bits per heavy atom. The third-order valence-electron chi connectivity index (χ3n) is 5.43. The second kappa shape index (κ2) is 9.49. The Balaban J connectivity index is 1.40. The molecule has 0 spiro atoms. The van der Waals surface area contributed by atoms with Gasteiger partial charge in [-0.3, -0.25) is 9.69 Å². The Labute approximate surface area is 186 Å². The monoisotopic (exact) mass is 440 g/mol. The van der Waals surface area contributed by atoms with Gasteiger partial charge in [-0.2, -0.15) is 4.98 Å². The fraction of sp³-hybridized carbons (Fsp3) is 0.348. The van der Waals surface area contributed by atoms with Crippen LogP contribution in [0.5, 0.6) is 5.75 Å². The Morgan fingerprint density at radius 1 is 1.32 bits per heavy atom. The molecule has 1 amide bonds. The van der Waals surface area contributed by atoms with Crippen molar-refractivity contribution in [3.05, 3.63) is 58.9 Å². The minimum absolute atomic E-state index is 0.00381. The zero-order valence-corrected chi connectivity index (χ0v) is 18.4. The van der Waals surface area contributed by atoms with Crippen LogP contribution < -0.4 is 10.1 Å². The highest BCUT2D eigenvalue weighted by Crippen LogP contribution is 2.28. The van der Waals surface area contributed by atoms with Gasteiger partial charge in [0.05, 0.1) is 30.3 Å². The number of halogens is 1. The van der Waals surface area contributed by atoms with Crippen molar-refractivity contribution in [2.45, 2.75) is 26.3 Å². The number of carbonyl (C=O) groups is 1. The number of benzene rings is 2. The maximum absolute atomic E-state index is 12.9. The lowest BCUT2D eigenvalue weighted by atomic mass is 9.97. The normalized spacial score (nSPS) is 16.8. The average molecular weight is 441 g/mol. The molecule has 0 aliphatic carbocycles. The first-order chi connectivity index (χ1) is 15.0. The number of hydrogen-bond donors (Lipinski definition) is 1. The fourth-order valence-corrected chi connectivity index (χ4v) is 4.05. The van der Waals surface area contributed by atoms with Crippen molar-refractivity contribution in [2.24, 2.45) is 5.92 Å². The van der Waals surface area contributed by atoms with Crippen LogP contribution in [0.1, 0.15) is 24.3 Å². The molecule has 0 bridgehead atoms. The minimum atomic E-state index is -0.120. The number of piperidine rings is 1. The van der Waals surface area contributed by atoms with E-state index in [0.29, 0.717) is 41.3 Å². The first-order valence-electron chi connectivity index (χ1n) is 10.3. The third-order valence-corrected chi connectivity index (χ3v) is 5.76. The number of methoxy groups -OCH3 is 1. The molecule has 3 aromatic rings. The van der Waals surface area contributed by atoms with E-state index in [2.05, 4.69) is 20.4 Å². The van der Waals surface area contributed by atoms with Crippen molar-refractivity contribution in [2.75, 3.05) is 25.5 Å². The number of amides is 1. The molecule has 4 rings (SSSR count). The van der Waals surface area contributed by atoms with E-state index >= 15 is 0 Å². The molecule has 31 heavy (non-hydrogen) atoms. The molecule has 1 unspecified atom stereocenters. The minimum Gasteiger partial charge on any atom is -0.495 e. The molecule has 8 heteroatoms. The second-order valence-corrected chi connectivity index (χ2v) is 8.17. The van der Waals surface area contributed by atoms with E-state index in [1.54, 1.807) is 13.2 Å². The largest absolute Gasteiger partial charge is 0.495 e. The summed E-state index contributed by atoms with van der Waals surface area (Å²) in [5.41, 5.74) is 2.50. The van der Waals surface area contributed by atoms with Gasteiger partial charge in [0.1, 0.15) is 5.75 Å². The predicted molar refractivity (Wildman–Crippen MR) is 119 cm³/mol. The summed E-state index contributed by atoms with van der Waals surface area (Å²) in [6, 6.07) is 13.1. The molecule has 1 saturated heterocycles. The molecule has 1 atom stereocenters. The van der Waals surface area contributed by atoms with Crippen molar-refractivity contribution >= 4 is 23.2 Å². The van der Waals surface area contributed by atoms with Crippen LogP contribution in [0.2, 0.25) is 5.02 Å². The molecule has 1 aliphatic rings. The number of aryl methyl sites for hydroxylation is 1. The van der Waals surface area contributed by atoms with Crippen LogP contribution in [0.25, 0.3) is 11.4 Å². The summed E-state index contributed by atoms with van der Waals surface area (Å²) < 4.78 is 10.8. The lowest BCUT2D eigenvalue weighted by molar-refractivity contribution is -0.121. The summed E-state index contributed by atoms with van der Waals surface area (Å²) in [5, 5.41) is 7.67. The number of anilines is 1. The van der Waals surface area contributed by atoms with Crippen LogP contribution in [0.3, 0.4) is 0 Å². The molecule has 1 aliphatic heterocycles. The average Bonchev–Trinajstić information content (AvgIpc) is 3.22. The van der Waals surface area contributed by atoms with Crippen LogP contribution >= 0.6 is 11.6 Å². The van der Waals surface area contributed by atoms with E-state index < -0.39 is 0 Å². The lowest BCUT2D eigenvalue weighted by Crippen LogP contribution is -2.40. The first kappa shape index (κ1) is 21.3. The zero-order chi connectivity index (χ0) is 21.8. The molecular weight excluding hydrogens is 416 g/mol. The lowest BCUT2D eigenvalue weighted by Gasteiger charge is -2.31. The van der Waals surface area contributed by atoms with Crippen molar-refractivity contribution in [3.8, 4) is 17.1 Å². The highest BCUT2D eigenvalue weighted by Gasteiger charge is 2.27. The quantitative estimate of drug-likeness (QED) is 0.605. The van der Waals surface area contributed by atoms with E-state index in [9.17, 15) is 4.79 Å². The number of nitrogens with zero attached hydrogens (tertiary/aromatic N) is 3. The molecule has 7 nitrogen and oxygen atoms in total. The fourth-order valence-electron chi connectivity index (χ4n) is 3.83. The predicted octanol–water partition coefficient (Wildman–Crippen LogP) is 4.56. The van der Waals surface area contributed by atoms with E-state index in [0.717, 1.165) is 30.5 Å². The van der Waals surface area contributed by atoms with Crippen molar-refractivity contribution in [3.63, 3.8) is 0 Å². The van der Waals surface area contributed by atoms with E-state index in [1.807, 2.05) is 43.3 Å². The summed E-state index contributed by atoms with van der Waals surface area (Å²) in [4.78, 5) is 19.6. The van der Waals surface area contributed by atoms with E-state index in [-0.39, 0.29) is 11.8 Å². The van der Waals surface area contributed by atoms with Crippen molar-refractivity contribution in [1.29, 1.82) is 0 Å². The third kappa shape index (κ3) is 5.06. The van der Waals surface area contributed by atoms with Crippen LogP contribution in [0, 0.1) is 12.8 Å². The SMILES string of the molecule is COc1ccc(C)cc1NC(=O)C1CCCN(Cc2nc(-c3ccccc3Cl)no2)C1. The van der Waals surface area contributed by atoms with Gasteiger partial charge in [-0.1, -0.05) is 35.0 Å². The molecule has 2 heterocycles. The van der Waals surface area contributed by atoms with Crippen LogP contribution in [0.4, 0.5) is 5.69 Å². The number of hydrogen-bond acceptors (Lipinski definition) is 6.